The molecule has 0 amide bonds. The van der Waals surface area contributed by atoms with Crippen molar-refractivity contribution in [3.8, 4) is 0 Å². The SMILES string of the molecule is [C]1=NC=NCS1. The molecule has 0 saturated heterocycles. The highest BCUT2D eigenvalue weighted by molar-refractivity contribution is 8.12. The van der Waals surface area contributed by atoms with Gasteiger partial charge in [0, 0.05) is 0 Å². The lowest BCUT2D eigenvalue weighted by molar-refractivity contribution is 1.38. The summed E-state index contributed by atoms with van der Waals surface area (Å²) in [6.07, 6.45) is 1.51. The van der Waals surface area contributed by atoms with E-state index < -0.39 is 0 Å². The van der Waals surface area contributed by atoms with Gasteiger partial charge in [-0.2, -0.15) is 0 Å². The molecule has 2 nitrogen and oxygen atoms in total. The molecule has 0 aromatic heterocycles. The zero-order chi connectivity index (χ0) is 4.24. The summed E-state index contributed by atoms with van der Waals surface area (Å²) < 4.78 is 0. The summed E-state index contributed by atoms with van der Waals surface area (Å²) in [6.45, 7) is 0. The molecule has 0 unspecified atom stereocenters. The van der Waals surface area contributed by atoms with E-state index in [1.807, 2.05) is 0 Å². The van der Waals surface area contributed by atoms with Crippen molar-refractivity contribution < 1.29 is 0 Å². The van der Waals surface area contributed by atoms with Gasteiger partial charge in [-0.3, -0.25) is 4.99 Å². The van der Waals surface area contributed by atoms with E-state index in [1.54, 1.807) is 0 Å². The minimum Gasteiger partial charge on any atom is -0.262 e. The largest absolute Gasteiger partial charge is 0.262 e. The Labute approximate surface area is 40.4 Å². The van der Waals surface area contributed by atoms with Crippen LogP contribution in [0.1, 0.15) is 0 Å². The molecule has 1 heterocycles. The first kappa shape index (κ1) is 3.87. The Morgan fingerprint density at radius 2 is 2.83 bits per heavy atom. The lowest BCUT2D eigenvalue weighted by Crippen LogP contribution is -1.79. The van der Waals surface area contributed by atoms with Crippen LogP contribution in [0.25, 0.3) is 0 Å². The Morgan fingerprint density at radius 3 is 3.00 bits per heavy atom. The summed E-state index contributed by atoms with van der Waals surface area (Å²) >= 11 is 1.48. The molecule has 6 heavy (non-hydrogen) atoms. The van der Waals surface area contributed by atoms with Crippen LogP contribution in [-0.2, 0) is 0 Å². The van der Waals surface area contributed by atoms with E-state index in [-0.39, 0.29) is 0 Å². The Kier molecular flexibility index (Phi) is 1.27. The van der Waals surface area contributed by atoms with E-state index in [2.05, 4.69) is 15.5 Å². The molecule has 0 N–H and O–H groups in total. The van der Waals surface area contributed by atoms with Gasteiger partial charge in [0.2, 0.25) is 0 Å². The molecule has 3 heteroatoms. The van der Waals surface area contributed by atoms with Crippen LogP contribution in [0.2, 0.25) is 0 Å². The molecule has 0 fully saturated rings. The third kappa shape index (κ3) is 0.825. The van der Waals surface area contributed by atoms with Gasteiger partial charge in [-0.1, -0.05) is 11.8 Å². The van der Waals surface area contributed by atoms with Gasteiger partial charge >= 0.3 is 0 Å². The first-order valence-electron chi connectivity index (χ1n) is 1.55. The fourth-order valence-corrected chi connectivity index (χ4v) is 0.522. The molecule has 31 valence electrons. The van der Waals surface area contributed by atoms with Crippen LogP contribution in [0.5, 0.6) is 0 Å². The van der Waals surface area contributed by atoms with E-state index in [9.17, 15) is 0 Å². The molecular weight excluding hydrogens is 96.1 g/mol. The van der Waals surface area contributed by atoms with Crippen LogP contribution in [0.3, 0.4) is 0 Å². The maximum atomic E-state index is 3.79. The summed E-state index contributed by atoms with van der Waals surface area (Å²) in [4.78, 5) is 7.38. The molecule has 0 aliphatic carbocycles. The normalized spacial score (nSPS) is 18.7. The number of nitrogens with zero attached hydrogens (tertiary/aromatic N) is 2. The second kappa shape index (κ2) is 1.97. The molecule has 0 bridgehead atoms. The van der Waals surface area contributed by atoms with Crippen LogP contribution in [-0.4, -0.2) is 17.8 Å². The van der Waals surface area contributed by atoms with Crippen molar-refractivity contribution in [1.29, 1.82) is 0 Å². The second-order valence-corrected chi connectivity index (χ2v) is 1.52. The number of aliphatic imine (C=N–C) groups is 2. The predicted molar refractivity (Wildman–Crippen MR) is 28.4 cm³/mol. The Balaban J connectivity index is 2.46. The monoisotopic (exact) mass is 99.0 g/mol. The third-order valence-electron chi connectivity index (χ3n) is 0.396. The first-order valence-corrected chi connectivity index (χ1v) is 2.53. The van der Waals surface area contributed by atoms with E-state index in [0.29, 0.717) is 0 Å². The second-order valence-electron chi connectivity index (χ2n) is 0.792. The van der Waals surface area contributed by atoms with Gasteiger partial charge in [-0.25, -0.2) is 4.99 Å². The van der Waals surface area contributed by atoms with Crippen LogP contribution >= 0.6 is 11.8 Å². The summed E-state index contributed by atoms with van der Waals surface area (Å²) in [5, 5.41) is 0. The smallest absolute Gasteiger partial charge is 0.132 e. The average Bonchev–Trinajstić information content (AvgIpc) is 1.72. The standard InChI is InChI=1S/C3H3N2S/c1-4-2-6-3-5-1/h1H,2H2. The zero-order valence-corrected chi connectivity index (χ0v) is 3.90. The molecule has 1 aliphatic rings. The zero-order valence-electron chi connectivity index (χ0n) is 3.09. The molecule has 0 saturated carbocycles. The van der Waals surface area contributed by atoms with E-state index in [4.69, 9.17) is 0 Å². The number of thioether (sulfide) groups is 1. The molecule has 1 aliphatic heterocycles. The van der Waals surface area contributed by atoms with Crippen molar-refractivity contribution in [2.75, 3.05) is 5.88 Å². The minimum absolute atomic E-state index is 0.781. The highest BCUT2D eigenvalue weighted by Gasteiger charge is 1.80. The molecule has 0 aromatic rings. The number of hydrogen-bond acceptors (Lipinski definition) is 3. The van der Waals surface area contributed by atoms with E-state index in [0.717, 1.165) is 5.88 Å². The van der Waals surface area contributed by atoms with Crippen molar-refractivity contribution in [3.05, 3.63) is 0 Å². The maximum Gasteiger partial charge on any atom is 0.132 e. The van der Waals surface area contributed by atoms with Crippen molar-refractivity contribution in [2.45, 2.75) is 0 Å². The van der Waals surface area contributed by atoms with Crippen molar-refractivity contribution >= 4 is 23.6 Å². The molecular formula is C3H3N2S. The molecule has 1 rings (SSSR count). The molecule has 0 aromatic carbocycles. The predicted octanol–water partition coefficient (Wildman–Crippen LogP) is 0.624. The molecule has 0 atom stereocenters. The highest BCUT2D eigenvalue weighted by Crippen LogP contribution is 1.96. The summed E-state index contributed by atoms with van der Waals surface area (Å²) in [7, 11) is 0. The molecule has 0 spiro atoms. The molecule has 1 radical (unpaired) electrons. The van der Waals surface area contributed by atoms with Gasteiger partial charge in [-0.05, 0) is 0 Å². The van der Waals surface area contributed by atoms with Crippen molar-refractivity contribution in [2.24, 2.45) is 9.98 Å². The Hall–Kier alpha value is -0.310. The summed E-state index contributed by atoms with van der Waals surface area (Å²) in [5.74, 6) is 0.781. The lowest BCUT2D eigenvalue weighted by atomic mass is 11.2. The summed E-state index contributed by atoms with van der Waals surface area (Å²) in [5.41, 5.74) is 2.68. The van der Waals surface area contributed by atoms with Gasteiger partial charge in [0.25, 0.3) is 0 Å². The summed E-state index contributed by atoms with van der Waals surface area (Å²) in [6, 6.07) is 0. The number of hydrogen-bond donors (Lipinski definition) is 0. The van der Waals surface area contributed by atoms with Crippen LogP contribution in [0.15, 0.2) is 9.98 Å². The van der Waals surface area contributed by atoms with Gasteiger partial charge in [0.05, 0.1) is 5.88 Å². The van der Waals surface area contributed by atoms with Crippen LogP contribution in [0, 0.1) is 0 Å². The third-order valence-corrected chi connectivity index (χ3v) is 0.908. The average molecular weight is 99.1 g/mol. The quantitative estimate of drug-likeness (QED) is 0.437. The lowest BCUT2D eigenvalue weighted by Gasteiger charge is -1.86. The van der Waals surface area contributed by atoms with Crippen LogP contribution in [0.4, 0.5) is 0 Å². The highest BCUT2D eigenvalue weighted by atomic mass is 32.2. The van der Waals surface area contributed by atoms with Crippen molar-refractivity contribution in [1.82, 2.24) is 0 Å². The topological polar surface area (TPSA) is 24.7 Å². The maximum absolute atomic E-state index is 3.79. The van der Waals surface area contributed by atoms with Crippen LogP contribution < -0.4 is 0 Å². The fraction of sp³-hybridized carbons (Fsp3) is 0.333. The minimum atomic E-state index is 0.781. The van der Waals surface area contributed by atoms with Crippen molar-refractivity contribution in [3.63, 3.8) is 0 Å². The Morgan fingerprint density at radius 1 is 1.83 bits per heavy atom. The van der Waals surface area contributed by atoms with E-state index >= 15 is 0 Å². The van der Waals surface area contributed by atoms with Gasteiger partial charge in [0.1, 0.15) is 11.9 Å². The van der Waals surface area contributed by atoms with Gasteiger partial charge in [-0.15, -0.1) is 0 Å². The fourth-order valence-electron chi connectivity index (χ4n) is 0.201. The Bertz CT molecular complexity index is 74.8. The van der Waals surface area contributed by atoms with E-state index in [1.165, 1.54) is 18.1 Å². The van der Waals surface area contributed by atoms with Gasteiger partial charge in [0.15, 0.2) is 0 Å². The van der Waals surface area contributed by atoms with Gasteiger partial charge < -0.3 is 0 Å². The number of rotatable bonds is 0. The first-order chi connectivity index (χ1) is 3.00.